The van der Waals surface area contributed by atoms with E-state index in [1.807, 2.05) is 0 Å². The number of carbonyl (C=O) groups excluding carboxylic acids is 1. The van der Waals surface area contributed by atoms with Gasteiger partial charge in [-0.15, -0.1) is 0 Å². The summed E-state index contributed by atoms with van der Waals surface area (Å²) in [5.41, 5.74) is -13.5. The number of rotatable bonds is 3. The second-order valence-corrected chi connectivity index (χ2v) is 6.68. The molecule has 30 heavy (non-hydrogen) atoms. The van der Waals surface area contributed by atoms with Crippen molar-refractivity contribution in [3.05, 3.63) is 35.4 Å². The Kier molecular flexibility index (Phi) is 4.99. The molecular formula is C16H11F11O3. The molecule has 0 aliphatic heterocycles. The molecule has 1 aliphatic rings. The molecular weight excluding hydrogens is 449 g/mol. The molecule has 1 atom stereocenters. The van der Waals surface area contributed by atoms with Crippen LogP contribution in [-0.2, 0) is 10.3 Å². The van der Waals surface area contributed by atoms with Crippen LogP contribution in [0.25, 0.3) is 0 Å². The number of carbonyl (C=O) groups is 1. The molecule has 0 radical (unpaired) electrons. The summed E-state index contributed by atoms with van der Waals surface area (Å²) >= 11 is 0. The topological polar surface area (TPSA) is 46.5 Å². The lowest BCUT2D eigenvalue weighted by molar-refractivity contribution is -0.502. The van der Waals surface area contributed by atoms with E-state index in [0.717, 1.165) is 13.2 Å². The summed E-state index contributed by atoms with van der Waals surface area (Å²) in [4.78, 5) is 11.5. The Morgan fingerprint density at radius 2 is 1.23 bits per heavy atom. The smallest absolute Gasteiger partial charge is 0.384 e. The quantitative estimate of drug-likeness (QED) is 0.531. The highest BCUT2D eigenvalue weighted by Gasteiger charge is 3.03. The van der Waals surface area contributed by atoms with Gasteiger partial charge in [0, 0.05) is 0 Å². The molecule has 0 spiro atoms. The van der Waals surface area contributed by atoms with E-state index in [1.165, 1.54) is 0 Å². The van der Waals surface area contributed by atoms with Gasteiger partial charge in [-0.05, 0) is 24.6 Å². The Labute approximate surface area is 160 Å². The van der Waals surface area contributed by atoms with Crippen LogP contribution in [-0.4, -0.2) is 53.5 Å². The molecule has 1 N–H and O–H groups in total. The Balaban J connectivity index is 2.90. The van der Waals surface area contributed by atoms with Crippen LogP contribution in [0.1, 0.15) is 22.8 Å². The minimum absolute atomic E-state index is 0.211. The summed E-state index contributed by atoms with van der Waals surface area (Å²) in [5, 5.41) is 10.2. The van der Waals surface area contributed by atoms with E-state index in [2.05, 4.69) is 4.74 Å². The molecule has 1 aliphatic carbocycles. The fourth-order valence-corrected chi connectivity index (χ4v) is 3.10. The van der Waals surface area contributed by atoms with Crippen LogP contribution in [0.15, 0.2) is 24.3 Å². The number of esters is 1. The van der Waals surface area contributed by atoms with E-state index >= 15 is 4.39 Å². The third-order valence-electron chi connectivity index (χ3n) is 4.96. The summed E-state index contributed by atoms with van der Waals surface area (Å²) in [6.07, 6.45) is 0. The van der Waals surface area contributed by atoms with Gasteiger partial charge in [-0.3, -0.25) is 0 Å². The molecule has 0 bridgehead atoms. The van der Waals surface area contributed by atoms with Crippen molar-refractivity contribution >= 4 is 5.97 Å². The first-order chi connectivity index (χ1) is 13.2. The third-order valence-corrected chi connectivity index (χ3v) is 4.96. The number of hydrogen-bond donors (Lipinski definition) is 1. The van der Waals surface area contributed by atoms with Crippen molar-refractivity contribution in [2.45, 2.75) is 47.8 Å². The highest BCUT2D eigenvalue weighted by atomic mass is 19.4. The zero-order valence-corrected chi connectivity index (χ0v) is 14.7. The first-order valence-electron chi connectivity index (χ1n) is 7.69. The molecule has 1 saturated carbocycles. The summed E-state index contributed by atoms with van der Waals surface area (Å²) in [6.45, 7) is -0.319. The maximum absolute atomic E-state index is 15.2. The maximum atomic E-state index is 15.2. The van der Waals surface area contributed by atoms with Crippen molar-refractivity contribution in [3.63, 3.8) is 0 Å². The van der Waals surface area contributed by atoms with Gasteiger partial charge >= 0.3 is 35.6 Å². The van der Waals surface area contributed by atoms with Crippen molar-refractivity contribution < 1.29 is 62.9 Å². The van der Waals surface area contributed by atoms with E-state index in [0.29, 0.717) is 12.1 Å². The first kappa shape index (κ1) is 24.2. The van der Waals surface area contributed by atoms with Gasteiger partial charge in [-0.25, -0.2) is 9.18 Å². The number of halogens is 11. The molecule has 0 saturated heterocycles. The molecule has 0 amide bonds. The second kappa shape index (κ2) is 6.20. The number of ether oxygens (including phenoxy) is 1. The van der Waals surface area contributed by atoms with Gasteiger partial charge < -0.3 is 9.84 Å². The number of hydrogen-bond acceptors (Lipinski definition) is 3. The lowest BCUT2D eigenvalue weighted by atomic mass is 9.63. The highest BCUT2D eigenvalue weighted by molar-refractivity contribution is 5.89. The minimum Gasteiger partial charge on any atom is -0.465 e. The van der Waals surface area contributed by atoms with Crippen molar-refractivity contribution in [2.75, 3.05) is 7.11 Å². The lowest BCUT2D eigenvalue weighted by Crippen LogP contribution is -2.87. The van der Waals surface area contributed by atoms with Crippen LogP contribution in [0.2, 0.25) is 0 Å². The van der Waals surface area contributed by atoms with Crippen molar-refractivity contribution in [1.29, 1.82) is 0 Å². The van der Waals surface area contributed by atoms with Crippen LogP contribution in [0.5, 0.6) is 0 Å². The summed E-state index contributed by atoms with van der Waals surface area (Å²) < 4.78 is 158. The van der Waals surface area contributed by atoms with Gasteiger partial charge in [0.25, 0.3) is 5.67 Å². The standard InChI is InChI=1S/C16H11F11O3/c1-10(29,8-5-3-4-7(6-8)9(28)30-2)11(17)12(18,19)14(22,23)16(26,27)15(24,25)13(11,20)21/h3-6,29H,1-2H3. The molecule has 3 nitrogen and oxygen atoms in total. The van der Waals surface area contributed by atoms with Crippen LogP contribution >= 0.6 is 0 Å². The Hall–Kier alpha value is -2.12. The van der Waals surface area contributed by atoms with E-state index in [9.17, 15) is 53.8 Å². The zero-order chi connectivity index (χ0) is 23.8. The van der Waals surface area contributed by atoms with Crippen LogP contribution in [0, 0.1) is 0 Å². The minimum atomic E-state index is -7.40. The molecule has 1 fully saturated rings. The third kappa shape index (κ3) is 2.33. The highest BCUT2D eigenvalue weighted by Crippen LogP contribution is 2.72. The van der Waals surface area contributed by atoms with Crippen molar-refractivity contribution in [3.8, 4) is 0 Å². The Morgan fingerprint density at radius 3 is 1.63 bits per heavy atom. The van der Waals surface area contributed by atoms with E-state index < -0.39 is 58.0 Å². The van der Waals surface area contributed by atoms with Gasteiger partial charge in [-0.2, -0.15) is 43.9 Å². The van der Waals surface area contributed by atoms with Crippen LogP contribution in [0.3, 0.4) is 0 Å². The summed E-state index contributed by atoms with van der Waals surface area (Å²) in [5.74, 6) is -37.9. The van der Waals surface area contributed by atoms with E-state index in [-0.39, 0.29) is 13.0 Å². The van der Waals surface area contributed by atoms with Gasteiger partial charge in [0.15, 0.2) is 0 Å². The molecule has 170 valence electrons. The van der Waals surface area contributed by atoms with Gasteiger partial charge in [-0.1, -0.05) is 12.1 Å². The fraction of sp³-hybridized carbons (Fsp3) is 0.562. The molecule has 0 heterocycles. The largest absolute Gasteiger partial charge is 0.465 e. The predicted molar refractivity (Wildman–Crippen MR) is 75.9 cm³/mol. The lowest BCUT2D eigenvalue weighted by Gasteiger charge is -2.56. The monoisotopic (exact) mass is 460 g/mol. The van der Waals surface area contributed by atoms with E-state index in [4.69, 9.17) is 0 Å². The van der Waals surface area contributed by atoms with Crippen molar-refractivity contribution in [1.82, 2.24) is 0 Å². The summed E-state index contributed by atoms with van der Waals surface area (Å²) in [6, 6.07) is 2.04. The van der Waals surface area contributed by atoms with Crippen molar-refractivity contribution in [2.24, 2.45) is 0 Å². The van der Waals surface area contributed by atoms with Gasteiger partial charge in [0.05, 0.1) is 12.7 Å². The molecule has 14 heteroatoms. The van der Waals surface area contributed by atoms with E-state index in [1.54, 1.807) is 0 Å². The number of aliphatic hydroxyl groups is 1. The van der Waals surface area contributed by atoms with Crippen LogP contribution in [0.4, 0.5) is 48.3 Å². The molecule has 2 rings (SSSR count). The molecule has 0 aromatic heterocycles. The Bertz CT molecular complexity index is 834. The SMILES string of the molecule is COC(=O)c1cccc(C(C)(O)C2(F)C(F)(F)C(F)(F)C(F)(F)C(F)(F)C2(F)F)c1. The van der Waals surface area contributed by atoms with Gasteiger partial charge in [0.2, 0.25) is 0 Å². The fourth-order valence-electron chi connectivity index (χ4n) is 3.10. The predicted octanol–water partition coefficient (Wildman–Crippen LogP) is 4.58. The normalized spacial score (nSPS) is 27.0. The summed E-state index contributed by atoms with van der Waals surface area (Å²) in [7, 11) is 0.788. The Morgan fingerprint density at radius 1 is 0.833 bits per heavy atom. The molecule has 1 unspecified atom stereocenters. The molecule has 1 aromatic carbocycles. The number of methoxy groups -OCH3 is 1. The first-order valence-corrected chi connectivity index (χ1v) is 7.69. The number of alkyl halides is 11. The average Bonchev–Trinajstić information content (AvgIpc) is 2.64. The van der Waals surface area contributed by atoms with Crippen LogP contribution < -0.4 is 0 Å². The second-order valence-electron chi connectivity index (χ2n) is 6.68. The van der Waals surface area contributed by atoms with Gasteiger partial charge in [0.1, 0.15) is 5.60 Å². The average molecular weight is 460 g/mol. The number of benzene rings is 1. The maximum Gasteiger partial charge on any atom is 0.384 e. The molecule has 1 aromatic rings. The zero-order valence-electron chi connectivity index (χ0n) is 14.7.